The van der Waals surface area contributed by atoms with Crippen LogP contribution in [0.4, 0.5) is 0 Å². The fraction of sp³-hybridized carbons (Fsp3) is 0.538. The van der Waals surface area contributed by atoms with Crippen molar-refractivity contribution in [3.8, 4) is 0 Å². The summed E-state index contributed by atoms with van der Waals surface area (Å²) in [5.74, 6) is -0.483. The molecule has 0 radical (unpaired) electrons. The van der Waals surface area contributed by atoms with E-state index in [4.69, 9.17) is 0 Å². The lowest BCUT2D eigenvalue weighted by Gasteiger charge is -2.20. The van der Waals surface area contributed by atoms with Crippen LogP contribution < -0.4 is 0 Å². The molecule has 0 atom stereocenters. The zero-order valence-corrected chi connectivity index (χ0v) is 12.1. The molecule has 19 heavy (non-hydrogen) atoms. The van der Waals surface area contributed by atoms with E-state index in [2.05, 4.69) is 14.4 Å². The summed E-state index contributed by atoms with van der Waals surface area (Å²) in [4.78, 5) is 25.6. The Morgan fingerprint density at radius 1 is 1.16 bits per heavy atom. The Morgan fingerprint density at radius 3 is 2.16 bits per heavy atom. The Bertz CT molecular complexity index is 371. The Labute approximate surface area is 117 Å². The molecular formula is C13H19NO4S. The highest BCUT2D eigenvalue weighted by atomic mass is 32.1. The third kappa shape index (κ3) is 6.35. The quantitative estimate of drug-likeness (QED) is 0.680. The maximum atomic E-state index is 11.2. The second kappa shape index (κ2) is 8.66. The average molecular weight is 285 g/mol. The van der Waals surface area contributed by atoms with Gasteiger partial charge in [-0.1, -0.05) is 6.07 Å². The van der Waals surface area contributed by atoms with Crippen LogP contribution in [0, 0.1) is 0 Å². The smallest absolute Gasteiger partial charge is 0.306 e. The molecule has 0 amide bonds. The van der Waals surface area contributed by atoms with Crippen LogP contribution in [0.25, 0.3) is 0 Å². The van der Waals surface area contributed by atoms with E-state index in [1.165, 1.54) is 19.1 Å². The Hall–Kier alpha value is -1.40. The van der Waals surface area contributed by atoms with Crippen LogP contribution in [-0.4, -0.2) is 44.1 Å². The minimum Gasteiger partial charge on any atom is -0.469 e. The van der Waals surface area contributed by atoms with Gasteiger partial charge in [-0.3, -0.25) is 14.5 Å². The molecule has 0 fully saturated rings. The van der Waals surface area contributed by atoms with Gasteiger partial charge in [0, 0.05) is 24.5 Å². The van der Waals surface area contributed by atoms with Crippen molar-refractivity contribution >= 4 is 23.3 Å². The van der Waals surface area contributed by atoms with Crippen LogP contribution in [0.3, 0.4) is 0 Å². The van der Waals surface area contributed by atoms with Crippen molar-refractivity contribution in [2.24, 2.45) is 0 Å². The molecule has 0 N–H and O–H groups in total. The second-order valence-corrected chi connectivity index (χ2v) is 5.04. The van der Waals surface area contributed by atoms with Crippen LogP contribution in [0.15, 0.2) is 17.5 Å². The van der Waals surface area contributed by atoms with E-state index in [0.29, 0.717) is 25.9 Å². The number of hydrogen-bond donors (Lipinski definition) is 0. The number of esters is 2. The Balaban J connectivity index is 2.46. The summed E-state index contributed by atoms with van der Waals surface area (Å²) in [6.45, 7) is 1.87. The number of carbonyl (C=O) groups excluding carboxylic acids is 2. The van der Waals surface area contributed by atoms with Gasteiger partial charge in [0.15, 0.2) is 0 Å². The first-order chi connectivity index (χ1) is 9.15. The number of hydrogen-bond acceptors (Lipinski definition) is 6. The lowest BCUT2D eigenvalue weighted by molar-refractivity contribution is -0.141. The monoisotopic (exact) mass is 285 g/mol. The van der Waals surface area contributed by atoms with Crippen LogP contribution in [-0.2, 0) is 25.6 Å². The number of ether oxygens (including phenoxy) is 2. The summed E-state index contributed by atoms with van der Waals surface area (Å²) in [5.41, 5.74) is 0. The predicted octanol–water partition coefficient (Wildman–Crippen LogP) is 1.68. The molecule has 0 aliphatic carbocycles. The molecule has 5 nitrogen and oxygen atoms in total. The average Bonchev–Trinajstić information content (AvgIpc) is 2.93. The minimum atomic E-state index is -0.241. The standard InChI is InChI=1S/C13H19NO4S/c1-17-12(15)5-7-14(8-6-13(16)18-2)10-11-4-3-9-19-11/h3-4,9H,5-8,10H2,1-2H3. The summed E-state index contributed by atoms with van der Waals surface area (Å²) >= 11 is 1.66. The van der Waals surface area contributed by atoms with Crippen molar-refractivity contribution < 1.29 is 19.1 Å². The third-order valence-corrected chi connectivity index (χ3v) is 3.54. The van der Waals surface area contributed by atoms with Gasteiger partial charge in [-0.2, -0.15) is 0 Å². The van der Waals surface area contributed by atoms with E-state index < -0.39 is 0 Å². The molecule has 0 spiro atoms. The molecular weight excluding hydrogens is 266 g/mol. The number of nitrogens with zero attached hydrogens (tertiary/aromatic N) is 1. The van der Waals surface area contributed by atoms with Gasteiger partial charge in [-0.15, -0.1) is 11.3 Å². The normalized spacial score (nSPS) is 10.5. The molecule has 0 aliphatic rings. The van der Waals surface area contributed by atoms with Gasteiger partial charge < -0.3 is 9.47 Å². The summed E-state index contributed by atoms with van der Waals surface area (Å²) in [5, 5.41) is 2.01. The van der Waals surface area contributed by atoms with E-state index in [0.717, 1.165) is 6.54 Å². The van der Waals surface area contributed by atoms with E-state index in [9.17, 15) is 9.59 Å². The zero-order valence-electron chi connectivity index (χ0n) is 11.3. The van der Waals surface area contributed by atoms with Gasteiger partial charge in [-0.05, 0) is 11.4 Å². The molecule has 0 aromatic carbocycles. The van der Waals surface area contributed by atoms with Gasteiger partial charge in [0.05, 0.1) is 27.1 Å². The largest absolute Gasteiger partial charge is 0.469 e. The number of rotatable bonds is 8. The Kier molecular flexibility index (Phi) is 7.14. The summed E-state index contributed by atoms with van der Waals surface area (Å²) in [7, 11) is 2.75. The van der Waals surface area contributed by atoms with Gasteiger partial charge in [0.1, 0.15) is 0 Å². The number of methoxy groups -OCH3 is 2. The fourth-order valence-electron chi connectivity index (χ4n) is 1.60. The topological polar surface area (TPSA) is 55.8 Å². The van der Waals surface area contributed by atoms with Gasteiger partial charge >= 0.3 is 11.9 Å². The van der Waals surface area contributed by atoms with E-state index in [1.807, 2.05) is 17.5 Å². The van der Waals surface area contributed by atoms with Gasteiger partial charge in [0.2, 0.25) is 0 Å². The van der Waals surface area contributed by atoms with E-state index in [1.54, 1.807) is 11.3 Å². The van der Waals surface area contributed by atoms with E-state index in [-0.39, 0.29) is 11.9 Å². The van der Waals surface area contributed by atoms with Crippen molar-refractivity contribution in [2.75, 3.05) is 27.3 Å². The molecule has 1 aromatic heterocycles. The van der Waals surface area contributed by atoms with E-state index >= 15 is 0 Å². The summed E-state index contributed by atoms with van der Waals surface area (Å²) in [6.07, 6.45) is 0.645. The molecule has 1 rings (SSSR count). The first kappa shape index (κ1) is 15.7. The molecule has 0 unspecified atom stereocenters. The third-order valence-electron chi connectivity index (χ3n) is 2.68. The van der Waals surface area contributed by atoms with Gasteiger partial charge in [0.25, 0.3) is 0 Å². The van der Waals surface area contributed by atoms with Crippen molar-refractivity contribution in [2.45, 2.75) is 19.4 Å². The van der Waals surface area contributed by atoms with Crippen molar-refractivity contribution in [1.29, 1.82) is 0 Å². The highest BCUT2D eigenvalue weighted by molar-refractivity contribution is 7.09. The molecule has 1 aromatic rings. The fourth-order valence-corrected chi connectivity index (χ4v) is 2.34. The molecule has 0 saturated carbocycles. The molecule has 0 aliphatic heterocycles. The minimum absolute atomic E-state index is 0.241. The highest BCUT2D eigenvalue weighted by Crippen LogP contribution is 2.12. The lowest BCUT2D eigenvalue weighted by Crippen LogP contribution is -2.28. The summed E-state index contributed by atoms with van der Waals surface area (Å²) < 4.78 is 9.26. The first-order valence-corrected chi connectivity index (χ1v) is 6.92. The maximum absolute atomic E-state index is 11.2. The number of thiophene rings is 1. The first-order valence-electron chi connectivity index (χ1n) is 6.04. The molecule has 106 valence electrons. The van der Waals surface area contributed by atoms with Gasteiger partial charge in [-0.25, -0.2) is 0 Å². The molecule has 6 heteroatoms. The molecule has 0 saturated heterocycles. The lowest BCUT2D eigenvalue weighted by atomic mass is 10.3. The van der Waals surface area contributed by atoms with Crippen molar-refractivity contribution in [3.05, 3.63) is 22.4 Å². The SMILES string of the molecule is COC(=O)CCN(CCC(=O)OC)Cc1cccs1. The van der Waals surface area contributed by atoms with Crippen molar-refractivity contribution in [3.63, 3.8) is 0 Å². The van der Waals surface area contributed by atoms with Crippen LogP contribution in [0.1, 0.15) is 17.7 Å². The van der Waals surface area contributed by atoms with Crippen molar-refractivity contribution in [1.82, 2.24) is 4.90 Å². The van der Waals surface area contributed by atoms with Crippen LogP contribution in [0.5, 0.6) is 0 Å². The maximum Gasteiger partial charge on any atom is 0.306 e. The highest BCUT2D eigenvalue weighted by Gasteiger charge is 2.12. The van der Waals surface area contributed by atoms with Crippen LogP contribution >= 0.6 is 11.3 Å². The molecule has 1 heterocycles. The Morgan fingerprint density at radius 2 is 1.74 bits per heavy atom. The zero-order chi connectivity index (χ0) is 14.1. The predicted molar refractivity (Wildman–Crippen MR) is 72.9 cm³/mol. The molecule has 0 bridgehead atoms. The number of carbonyl (C=O) groups is 2. The van der Waals surface area contributed by atoms with Crippen LogP contribution in [0.2, 0.25) is 0 Å². The second-order valence-electron chi connectivity index (χ2n) is 4.01. The summed E-state index contributed by atoms with van der Waals surface area (Å²) in [6, 6.07) is 4.02.